The van der Waals surface area contributed by atoms with Crippen LogP contribution in [0.4, 0.5) is 10.5 Å². The molecule has 3 amide bonds. The number of anilines is 1. The molecule has 0 radical (unpaired) electrons. The van der Waals surface area contributed by atoms with Gasteiger partial charge in [-0.15, -0.1) is 11.8 Å². The highest BCUT2D eigenvalue weighted by Crippen LogP contribution is 2.44. The van der Waals surface area contributed by atoms with Gasteiger partial charge in [-0.05, 0) is 64.7 Å². The highest BCUT2D eigenvalue weighted by molar-refractivity contribution is 7.99. The van der Waals surface area contributed by atoms with Gasteiger partial charge in [-0.3, -0.25) is 9.59 Å². The smallest absolute Gasteiger partial charge is 0.407 e. The van der Waals surface area contributed by atoms with Crippen molar-refractivity contribution in [3.63, 3.8) is 0 Å². The van der Waals surface area contributed by atoms with Crippen LogP contribution in [-0.4, -0.2) is 48.7 Å². The molecule has 0 spiro atoms. The Morgan fingerprint density at radius 3 is 2.23 bits per heavy atom. The standard InChI is InChI=1S/C36H30N4O6S2/c37-34(41)23-16-17-33-32(19-23)39(20-24-9-8-18-40(24)48(44,45)25-10-2-1-3-11-25)35(42)31(22-47-33)38-36(43)46-21-30-28-14-6-4-12-26(28)27-13-5-7-15-29(27)30/h1-19,30-31H,20-22H2,(H2,37,41)(H,38,43)/t31-/m0/s1. The monoisotopic (exact) mass is 678 g/mol. The molecule has 242 valence electrons. The first-order chi connectivity index (χ1) is 23.2. The van der Waals surface area contributed by atoms with Gasteiger partial charge in [0.25, 0.3) is 15.9 Å². The molecule has 1 aromatic heterocycles. The average molecular weight is 679 g/mol. The van der Waals surface area contributed by atoms with E-state index >= 15 is 0 Å². The first kappa shape index (κ1) is 31.3. The van der Waals surface area contributed by atoms with Gasteiger partial charge in [0.1, 0.15) is 12.6 Å². The third-order valence-corrected chi connectivity index (χ3v) is 11.5. The van der Waals surface area contributed by atoms with Gasteiger partial charge < -0.3 is 20.7 Å². The summed E-state index contributed by atoms with van der Waals surface area (Å²) in [5, 5.41) is 2.74. The first-order valence-corrected chi connectivity index (χ1v) is 17.6. The first-order valence-electron chi connectivity index (χ1n) is 15.2. The number of hydrogen-bond acceptors (Lipinski definition) is 7. The van der Waals surface area contributed by atoms with Crippen molar-refractivity contribution >= 4 is 45.4 Å². The van der Waals surface area contributed by atoms with Crippen LogP contribution in [0.15, 0.2) is 125 Å². The van der Waals surface area contributed by atoms with Crippen LogP contribution in [0.3, 0.4) is 0 Å². The maximum atomic E-state index is 14.2. The molecule has 0 unspecified atom stereocenters. The number of amides is 3. The summed E-state index contributed by atoms with van der Waals surface area (Å²) in [6.45, 7) is -0.0960. The number of primary amides is 1. The molecule has 7 rings (SSSR count). The molecule has 3 N–H and O–H groups in total. The summed E-state index contributed by atoms with van der Waals surface area (Å²) >= 11 is 1.32. The number of ether oxygens (including phenoxy) is 1. The third-order valence-electron chi connectivity index (χ3n) is 8.55. The second-order valence-electron chi connectivity index (χ2n) is 11.4. The molecule has 2 aliphatic rings. The zero-order chi connectivity index (χ0) is 33.4. The second-order valence-corrected chi connectivity index (χ2v) is 14.3. The number of thioether (sulfide) groups is 1. The van der Waals surface area contributed by atoms with E-state index in [1.807, 2.05) is 48.5 Å². The average Bonchev–Trinajstić information content (AvgIpc) is 3.68. The lowest BCUT2D eigenvalue weighted by Gasteiger charge is -2.26. The van der Waals surface area contributed by atoms with Gasteiger partial charge >= 0.3 is 6.09 Å². The quantitative estimate of drug-likeness (QED) is 0.225. The minimum atomic E-state index is -3.98. The number of nitrogens with zero attached hydrogens (tertiary/aromatic N) is 2. The van der Waals surface area contributed by atoms with Crippen molar-refractivity contribution in [2.24, 2.45) is 5.73 Å². The van der Waals surface area contributed by atoms with Crippen LogP contribution in [-0.2, 0) is 26.1 Å². The predicted octanol–water partition coefficient (Wildman–Crippen LogP) is 5.37. The number of fused-ring (bicyclic) bond motifs is 4. The van der Waals surface area contributed by atoms with E-state index in [0.717, 1.165) is 26.2 Å². The van der Waals surface area contributed by atoms with E-state index in [0.29, 0.717) is 16.3 Å². The number of carbonyl (C=O) groups excluding carboxylic acids is 3. The number of hydrogen-bond donors (Lipinski definition) is 2. The summed E-state index contributed by atoms with van der Waals surface area (Å²) in [5.41, 5.74) is 10.8. The molecule has 0 saturated heterocycles. The maximum absolute atomic E-state index is 14.2. The number of rotatable bonds is 8. The van der Waals surface area contributed by atoms with E-state index < -0.39 is 34.0 Å². The van der Waals surface area contributed by atoms with Crippen LogP contribution in [0.5, 0.6) is 0 Å². The Balaban J connectivity index is 1.15. The van der Waals surface area contributed by atoms with Gasteiger partial charge in [-0.1, -0.05) is 66.7 Å². The molecule has 0 fully saturated rings. The van der Waals surface area contributed by atoms with Crippen LogP contribution < -0.4 is 16.0 Å². The van der Waals surface area contributed by atoms with Crippen molar-refractivity contribution < 1.29 is 27.5 Å². The molecular weight excluding hydrogens is 649 g/mol. The van der Waals surface area contributed by atoms with E-state index in [9.17, 15) is 22.8 Å². The fourth-order valence-corrected chi connectivity index (χ4v) is 8.67. The molecule has 1 aliphatic carbocycles. The summed E-state index contributed by atoms with van der Waals surface area (Å²) in [4.78, 5) is 41.8. The van der Waals surface area contributed by atoms with Crippen molar-refractivity contribution in [2.75, 3.05) is 17.3 Å². The Morgan fingerprint density at radius 1 is 0.875 bits per heavy atom. The number of benzene rings is 4. The van der Waals surface area contributed by atoms with E-state index in [1.54, 1.807) is 42.5 Å². The van der Waals surface area contributed by atoms with Gasteiger partial charge in [0, 0.05) is 28.3 Å². The zero-order valence-electron chi connectivity index (χ0n) is 25.5. The highest BCUT2D eigenvalue weighted by Gasteiger charge is 2.35. The lowest BCUT2D eigenvalue weighted by atomic mass is 9.98. The fraction of sp³-hybridized carbons (Fsp3) is 0.139. The Morgan fingerprint density at radius 2 is 1.54 bits per heavy atom. The summed E-state index contributed by atoms with van der Waals surface area (Å²) in [5.74, 6) is -1.16. The van der Waals surface area contributed by atoms with E-state index in [4.69, 9.17) is 10.5 Å². The third kappa shape index (κ3) is 5.73. The van der Waals surface area contributed by atoms with E-state index in [1.165, 1.54) is 41.1 Å². The van der Waals surface area contributed by atoms with Crippen LogP contribution >= 0.6 is 11.8 Å². The van der Waals surface area contributed by atoms with Crippen LogP contribution in [0.1, 0.15) is 33.1 Å². The summed E-state index contributed by atoms with van der Waals surface area (Å²) < 4.78 is 34.0. The Hall–Kier alpha value is -5.33. The summed E-state index contributed by atoms with van der Waals surface area (Å²) in [6.07, 6.45) is 0.664. The fourth-order valence-electron chi connectivity index (χ4n) is 6.23. The lowest BCUT2D eigenvalue weighted by molar-refractivity contribution is -0.120. The van der Waals surface area contributed by atoms with Crippen molar-refractivity contribution in [2.45, 2.75) is 28.3 Å². The highest BCUT2D eigenvalue weighted by atomic mass is 32.2. The SMILES string of the molecule is NC(=O)c1ccc2c(c1)N(Cc1cccn1S(=O)(=O)c1ccccc1)C(=O)[C@@H](NC(=O)OCC1c3ccccc3-c3ccccc31)CS2. The minimum absolute atomic E-state index is 0.0741. The Kier molecular flexibility index (Phi) is 8.28. The summed E-state index contributed by atoms with van der Waals surface area (Å²) in [6, 6.07) is 30.9. The van der Waals surface area contributed by atoms with Crippen LogP contribution in [0, 0.1) is 0 Å². The van der Waals surface area contributed by atoms with Crippen molar-refractivity contribution in [1.82, 2.24) is 9.29 Å². The molecule has 48 heavy (non-hydrogen) atoms. The molecule has 5 aromatic rings. The maximum Gasteiger partial charge on any atom is 0.407 e. The van der Waals surface area contributed by atoms with Gasteiger partial charge in [0.2, 0.25) is 5.91 Å². The van der Waals surface area contributed by atoms with E-state index in [-0.39, 0.29) is 35.3 Å². The number of nitrogens with two attached hydrogens (primary N) is 1. The number of aromatic nitrogens is 1. The molecule has 12 heteroatoms. The summed E-state index contributed by atoms with van der Waals surface area (Å²) in [7, 11) is -3.98. The molecular formula is C36H30N4O6S2. The van der Waals surface area contributed by atoms with Gasteiger partial charge in [0.05, 0.1) is 22.8 Å². The van der Waals surface area contributed by atoms with Gasteiger partial charge in [-0.2, -0.15) is 0 Å². The lowest BCUT2D eigenvalue weighted by Crippen LogP contribution is -2.49. The van der Waals surface area contributed by atoms with Crippen molar-refractivity contribution in [3.05, 3.63) is 138 Å². The van der Waals surface area contributed by atoms with E-state index in [2.05, 4.69) is 5.32 Å². The number of nitrogens with one attached hydrogen (secondary N) is 1. The number of carbonyl (C=O) groups is 3. The topological polar surface area (TPSA) is 141 Å². The largest absolute Gasteiger partial charge is 0.449 e. The predicted molar refractivity (Wildman–Crippen MR) is 182 cm³/mol. The van der Waals surface area contributed by atoms with Crippen molar-refractivity contribution in [1.29, 1.82) is 0 Å². The molecule has 1 atom stereocenters. The van der Waals surface area contributed by atoms with Crippen LogP contribution in [0.2, 0.25) is 0 Å². The molecule has 1 aliphatic heterocycles. The molecule has 0 bridgehead atoms. The normalized spacial score (nSPS) is 15.6. The molecule has 0 saturated carbocycles. The van der Waals surface area contributed by atoms with Crippen LogP contribution in [0.25, 0.3) is 11.1 Å². The van der Waals surface area contributed by atoms with Gasteiger partial charge in [-0.25, -0.2) is 17.2 Å². The minimum Gasteiger partial charge on any atom is -0.449 e. The number of alkyl carbamates (subject to hydrolysis) is 1. The van der Waals surface area contributed by atoms with Crippen molar-refractivity contribution in [3.8, 4) is 11.1 Å². The molecule has 2 heterocycles. The van der Waals surface area contributed by atoms with Gasteiger partial charge in [0.15, 0.2) is 0 Å². The Labute approximate surface area is 281 Å². The molecule has 10 nitrogen and oxygen atoms in total. The Bertz CT molecular complexity index is 2120. The molecule has 4 aromatic carbocycles. The second kappa shape index (κ2) is 12.7. The zero-order valence-corrected chi connectivity index (χ0v) is 27.1.